The van der Waals surface area contributed by atoms with Gasteiger partial charge in [-0.25, -0.2) is 13.2 Å². The summed E-state index contributed by atoms with van der Waals surface area (Å²) < 4.78 is 33.9. The van der Waals surface area contributed by atoms with Gasteiger partial charge in [0.15, 0.2) is 0 Å². The van der Waals surface area contributed by atoms with Crippen molar-refractivity contribution in [3.8, 4) is 0 Å². The lowest BCUT2D eigenvalue weighted by atomic mass is 10.1. The fourth-order valence-electron chi connectivity index (χ4n) is 0.107. The Morgan fingerprint density at radius 1 is 1.00 bits per heavy atom. The molecule has 0 saturated carbocycles. The first-order valence-corrected chi connectivity index (χ1v) is 2.09. The monoisotopic (exact) mass is 128 g/mol. The highest BCUT2D eigenvalue weighted by Crippen LogP contribution is 2.05. The van der Waals surface area contributed by atoms with Crippen molar-refractivity contribution in [2.45, 2.75) is 5.60 Å². The van der Waals surface area contributed by atoms with E-state index in [-0.39, 0.29) is 0 Å². The molecule has 0 atom stereocenters. The van der Waals surface area contributed by atoms with Gasteiger partial charge in [0.2, 0.25) is 0 Å². The van der Waals surface area contributed by atoms with Gasteiger partial charge in [-0.2, -0.15) is 0 Å². The van der Waals surface area contributed by atoms with Gasteiger partial charge in [-0.05, 0) is 0 Å². The van der Waals surface area contributed by atoms with Crippen molar-refractivity contribution < 1.29 is 18.3 Å². The average molecular weight is 128 g/mol. The van der Waals surface area contributed by atoms with Crippen LogP contribution < -0.4 is 0 Å². The van der Waals surface area contributed by atoms with Gasteiger partial charge >= 0.3 is 0 Å². The highest BCUT2D eigenvalue weighted by molar-refractivity contribution is 4.74. The van der Waals surface area contributed by atoms with Gasteiger partial charge in [0.25, 0.3) is 0 Å². The van der Waals surface area contributed by atoms with Crippen molar-refractivity contribution in [1.82, 2.24) is 0 Å². The molecule has 0 aromatic heterocycles. The Hall–Kier alpha value is -0.250. The third-order valence-corrected chi connectivity index (χ3v) is 0.746. The molecule has 0 aliphatic rings. The van der Waals surface area contributed by atoms with Crippen molar-refractivity contribution in [2.24, 2.45) is 0 Å². The molecule has 0 bridgehead atoms. The smallest absolute Gasteiger partial charge is 0.149 e. The first-order chi connectivity index (χ1) is 3.68. The van der Waals surface area contributed by atoms with E-state index in [0.717, 1.165) is 0 Å². The molecular formula is C4H7F3O. The van der Waals surface area contributed by atoms with Crippen molar-refractivity contribution in [2.75, 3.05) is 20.0 Å². The van der Waals surface area contributed by atoms with Crippen LogP contribution in [0.3, 0.4) is 0 Å². The van der Waals surface area contributed by atoms with E-state index in [1.807, 2.05) is 0 Å². The maximum Gasteiger partial charge on any atom is 0.149 e. The second kappa shape index (κ2) is 2.91. The zero-order valence-electron chi connectivity index (χ0n) is 4.20. The number of aliphatic hydroxyl groups is 1. The highest BCUT2D eigenvalue weighted by atomic mass is 19.2. The Morgan fingerprint density at radius 3 is 1.25 bits per heavy atom. The molecule has 50 valence electrons. The van der Waals surface area contributed by atoms with E-state index >= 15 is 0 Å². The lowest BCUT2D eigenvalue weighted by Gasteiger charge is -2.14. The summed E-state index contributed by atoms with van der Waals surface area (Å²) in [6.45, 7) is -4.12. The summed E-state index contributed by atoms with van der Waals surface area (Å²) in [6, 6.07) is 0. The molecule has 0 aliphatic carbocycles. The Morgan fingerprint density at radius 2 is 1.25 bits per heavy atom. The van der Waals surface area contributed by atoms with Crippen molar-refractivity contribution >= 4 is 0 Å². The fourth-order valence-corrected chi connectivity index (χ4v) is 0.107. The van der Waals surface area contributed by atoms with Crippen molar-refractivity contribution in [3.05, 3.63) is 0 Å². The maximum absolute atomic E-state index is 11.3. The van der Waals surface area contributed by atoms with Gasteiger partial charge in [-0.1, -0.05) is 0 Å². The van der Waals surface area contributed by atoms with Gasteiger partial charge in [-0.3, -0.25) is 0 Å². The van der Waals surface area contributed by atoms with Crippen LogP contribution in [0.15, 0.2) is 0 Å². The summed E-state index contributed by atoms with van der Waals surface area (Å²) in [4.78, 5) is 0. The molecule has 0 radical (unpaired) electrons. The number of halogens is 3. The molecule has 0 aliphatic heterocycles. The van der Waals surface area contributed by atoms with Crippen LogP contribution in [-0.2, 0) is 0 Å². The predicted molar refractivity (Wildman–Crippen MR) is 22.9 cm³/mol. The second-order valence-corrected chi connectivity index (χ2v) is 1.63. The third kappa shape index (κ3) is 1.69. The summed E-state index contributed by atoms with van der Waals surface area (Å²) in [6.07, 6.45) is 0. The van der Waals surface area contributed by atoms with E-state index in [9.17, 15) is 13.2 Å². The van der Waals surface area contributed by atoms with E-state index in [1.165, 1.54) is 0 Å². The molecule has 0 aromatic carbocycles. The topological polar surface area (TPSA) is 20.2 Å². The molecule has 4 heteroatoms. The summed E-state index contributed by atoms with van der Waals surface area (Å²) in [7, 11) is 0. The predicted octanol–water partition coefficient (Wildman–Crippen LogP) is 0.626. The van der Waals surface area contributed by atoms with Crippen LogP contribution in [0.1, 0.15) is 0 Å². The Bertz CT molecular complexity index is 54.0. The van der Waals surface area contributed by atoms with E-state index in [1.54, 1.807) is 0 Å². The van der Waals surface area contributed by atoms with Crippen LogP contribution in [0.4, 0.5) is 13.2 Å². The lowest BCUT2D eigenvalue weighted by Crippen LogP contribution is -2.36. The van der Waals surface area contributed by atoms with E-state index < -0.39 is 25.6 Å². The van der Waals surface area contributed by atoms with Crippen LogP contribution in [0.5, 0.6) is 0 Å². The number of rotatable bonds is 3. The van der Waals surface area contributed by atoms with Crippen LogP contribution in [0.25, 0.3) is 0 Å². The first kappa shape index (κ1) is 7.75. The SMILES string of the molecule is OC(CF)(CF)CF. The molecule has 0 unspecified atom stereocenters. The summed E-state index contributed by atoms with van der Waals surface area (Å²) in [5.74, 6) is 0. The molecule has 1 nitrogen and oxygen atoms in total. The summed E-state index contributed by atoms with van der Waals surface area (Å²) >= 11 is 0. The van der Waals surface area contributed by atoms with Crippen LogP contribution in [0, 0.1) is 0 Å². The summed E-state index contributed by atoms with van der Waals surface area (Å²) in [5, 5.41) is 8.31. The molecule has 0 amide bonds. The highest BCUT2D eigenvalue weighted by Gasteiger charge is 2.26. The number of hydrogen-bond donors (Lipinski definition) is 1. The third-order valence-electron chi connectivity index (χ3n) is 0.746. The maximum atomic E-state index is 11.3. The molecule has 0 heterocycles. The molecule has 0 spiro atoms. The Balaban J connectivity index is 3.58. The molecule has 8 heavy (non-hydrogen) atoms. The molecule has 0 saturated heterocycles. The summed E-state index contributed by atoms with van der Waals surface area (Å²) in [5.41, 5.74) is -2.38. The normalized spacial score (nSPS) is 12.0. The zero-order chi connectivity index (χ0) is 6.62. The van der Waals surface area contributed by atoms with E-state index in [2.05, 4.69) is 0 Å². The molecular weight excluding hydrogens is 121 g/mol. The first-order valence-electron chi connectivity index (χ1n) is 2.09. The molecule has 1 N–H and O–H groups in total. The number of hydrogen-bond acceptors (Lipinski definition) is 1. The quantitative estimate of drug-likeness (QED) is 0.590. The van der Waals surface area contributed by atoms with Gasteiger partial charge in [0.1, 0.15) is 25.6 Å². The van der Waals surface area contributed by atoms with Gasteiger partial charge < -0.3 is 5.11 Å². The minimum atomic E-state index is -2.38. The standard InChI is InChI=1S/C4H7F3O/c5-1-4(8,2-6)3-7/h8H,1-3H2. The molecule has 0 aromatic rings. The van der Waals surface area contributed by atoms with Crippen LogP contribution in [-0.4, -0.2) is 30.7 Å². The van der Waals surface area contributed by atoms with Crippen LogP contribution >= 0.6 is 0 Å². The average Bonchev–Trinajstić information content (AvgIpc) is 1.87. The van der Waals surface area contributed by atoms with Crippen LogP contribution in [0.2, 0.25) is 0 Å². The fraction of sp³-hybridized carbons (Fsp3) is 1.00. The Labute approximate surface area is 45.1 Å². The minimum Gasteiger partial charge on any atom is -0.382 e. The lowest BCUT2D eigenvalue weighted by molar-refractivity contribution is -0.0254. The minimum absolute atomic E-state index is 1.38. The van der Waals surface area contributed by atoms with Gasteiger partial charge in [0.05, 0.1) is 0 Å². The van der Waals surface area contributed by atoms with E-state index in [0.29, 0.717) is 0 Å². The van der Waals surface area contributed by atoms with Crippen molar-refractivity contribution in [1.29, 1.82) is 0 Å². The molecule has 0 fully saturated rings. The largest absolute Gasteiger partial charge is 0.382 e. The zero-order valence-corrected chi connectivity index (χ0v) is 4.20. The second-order valence-electron chi connectivity index (χ2n) is 1.63. The Kier molecular flexibility index (Phi) is 2.82. The number of alkyl halides is 3. The van der Waals surface area contributed by atoms with Gasteiger partial charge in [-0.15, -0.1) is 0 Å². The van der Waals surface area contributed by atoms with Crippen molar-refractivity contribution in [3.63, 3.8) is 0 Å². The molecule has 0 rings (SSSR count). The van der Waals surface area contributed by atoms with Gasteiger partial charge in [0, 0.05) is 0 Å². The van der Waals surface area contributed by atoms with E-state index in [4.69, 9.17) is 5.11 Å².